The lowest BCUT2D eigenvalue weighted by molar-refractivity contribution is 0.0955. The number of carbonyl (C=O) groups is 1. The number of benzene rings is 2. The number of rotatable bonds is 3. The fourth-order valence-corrected chi connectivity index (χ4v) is 2.22. The Balaban J connectivity index is 2.06. The van der Waals surface area contributed by atoms with E-state index in [1.807, 2.05) is 0 Å². The van der Waals surface area contributed by atoms with Gasteiger partial charge in [-0.1, -0.05) is 52.5 Å². The first-order valence-electron chi connectivity index (χ1n) is 5.71. The summed E-state index contributed by atoms with van der Waals surface area (Å²) in [7, 11) is 0. The van der Waals surface area contributed by atoms with Gasteiger partial charge in [0.1, 0.15) is 0 Å². The van der Waals surface area contributed by atoms with Gasteiger partial charge in [-0.15, -0.1) is 0 Å². The average molecular weight is 362 g/mol. The van der Waals surface area contributed by atoms with E-state index in [9.17, 15) is 4.79 Å². The summed E-state index contributed by atoms with van der Waals surface area (Å²) >= 11 is 23.4. The van der Waals surface area contributed by atoms with Gasteiger partial charge < -0.3 is 0 Å². The van der Waals surface area contributed by atoms with Gasteiger partial charge in [-0.3, -0.25) is 4.79 Å². The normalized spacial score (nSPS) is 10.9. The molecule has 7 heteroatoms. The maximum atomic E-state index is 11.9. The number of hydrogen-bond acceptors (Lipinski definition) is 2. The van der Waals surface area contributed by atoms with Crippen molar-refractivity contribution in [2.45, 2.75) is 0 Å². The molecule has 0 aliphatic rings. The molecule has 0 radical (unpaired) electrons. The van der Waals surface area contributed by atoms with Gasteiger partial charge >= 0.3 is 0 Å². The van der Waals surface area contributed by atoms with E-state index in [1.165, 1.54) is 12.3 Å². The molecule has 2 rings (SSSR count). The van der Waals surface area contributed by atoms with Crippen molar-refractivity contribution in [3.05, 3.63) is 67.6 Å². The minimum Gasteiger partial charge on any atom is -0.267 e. The molecule has 0 aliphatic carbocycles. The first-order valence-corrected chi connectivity index (χ1v) is 7.22. The molecule has 1 N–H and O–H groups in total. The van der Waals surface area contributed by atoms with E-state index < -0.39 is 5.91 Å². The highest BCUT2D eigenvalue weighted by Gasteiger charge is 2.07. The Bertz CT molecular complexity index is 716. The van der Waals surface area contributed by atoms with Gasteiger partial charge in [0.05, 0.1) is 21.3 Å². The second-order valence-electron chi connectivity index (χ2n) is 3.99. The molecular weight excluding hydrogens is 354 g/mol. The Morgan fingerprint density at radius 2 is 1.71 bits per heavy atom. The van der Waals surface area contributed by atoms with E-state index in [0.717, 1.165) is 0 Å². The zero-order valence-electron chi connectivity index (χ0n) is 10.4. The minimum absolute atomic E-state index is 0.300. The van der Waals surface area contributed by atoms with Crippen LogP contribution >= 0.6 is 46.4 Å². The van der Waals surface area contributed by atoms with Gasteiger partial charge in [0.15, 0.2) is 0 Å². The molecule has 0 saturated carbocycles. The van der Waals surface area contributed by atoms with Crippen LogP contribution in [0.25, 0.3) is 0 Å². The van der Waals surface area contributed by atoms with Gasteiger partial charge in [0, 0.05) is 16.1 Å². The van der Waals surface area contributed by atoms with Crippen LogP contribution in [0, 0.1) is 0 Å². The van der Waals surface area contributed by atoms with Gasteiger partial charge in [0.25, 0.3) is 5.91 Å². The van der Waals surface area contributed by atoms with Crippen LogP contribution in [0.1, 0.15) is 15.9 Å². The zero-order chi connectivity index (χ0) is 15.4. The lowest BCUT2D eigenvalue weighted by Crippen LogP contribution is -2.17. The fourth-order valence-electron chi connectivity index (χ4n) is 1.47. The van der Waals surface area contributed by atoms with Crippen LogP contribution in [-0.4, -0.2) is 12.1 Å². The second kappa shape index (κ2) is 7.14. The molecule has 0 fully saturated rings. The highest BCUT2D eigenvalue weighted by Crippen LogP contribution is 2.22. The summed E-state index contributed by atoms with van der Waals surface area (Å²) in [4.78, 5) is 11.9. The van der Waals surface area contributed by atoms with E-state index >= 15 is 0 Å². The standard InChI is InChI=1S/C14H8Cl4N2O/c15-10-3-1-9(12(17)6-10)7-19-20-14(21)8-2-4-11(16)13(18)5-8/h1-7H,(H,20,21)/b19-7-. The van der Waals surface area contributed by atoms with E-state index in [2.05, 4.69) is 10.5 Å². The highest BCUT2D eigenvalue weighted by atomic mass is 35.5. The third-order valence-electron chi connectivity index (χ3n) is 2.51. The van der Waals surface area contributed by atoms with Gasteiger partial charge in [-0.2, -0.15) is 5.10 Å². The first kappa shape index (κ1) is 16.1. The van der Waals surface area contributed by atoms with E-state index in [4.69, 9.17) is 46.4 Å². The molecule has 21 heavy (non-hydrogen) atoms. The highest BCUT2D eigenvalue weighted by molar-refractivity contribution is 6.42. The van der Waals surface area contributed by atoms with Crippen LogP contribution in [0.2, 0.25) is 20.1 Å². The number of carbonyl (C=O) groups excluding carboxylic acids is 1. The van der Waals surface area contributed by atoms with Crippen molar-refractivity contribution in [1.82, 2.24) is 5.43 Å². The van der Waals surface area contributed by atoms with Crippen molar-refractivity contribution < 1.29 is 4.79 Å². The van der Waals surface area contributed by atoms with Crippen LogP contribution in [0.3, 0.4) is 0 Å². The van der Waals surface area contributed by atoms with Crippen molar-refractivity contribution in [1.29, 1.82) is 0 Å². The predicted octanol–water partition coefficient (Wildman–Crippen LogP) is 5.06. The van der Waals surface area contributed by atoms with E-state index in [0.29, 0.717) is 31.2 Å². The Morgan fingerprint density at radius 1 is 0.952 bits per heavy atom. The SMILES string of the molecule is O=C(N/N=C\c1ccc(Cl)cc1Cl)c1ccc(Cl)c(Cl)c1. The maximum Gasteiger partial charge on any atom is 0.271 e. The molecular formula is C14H8Cl4N2O. The molecule has 3 nitrogen and oxygen atoms in total. The fraction of sp³-hybridized carbons (Fsp3) is 0. The molecule has 1 amide bonds. The molecule has 0 aliphatic heterocycles. The smallest absolute Gasteiger partial charge is 0.267 e. The topological polar surface area (TPSA) is 41.5 Å². The molecule has 0 saturated heterocycles. The van der Waals surface area contributed by atoms with Crippen LogP contribution in [0.4, 0.5) is 0 Å². The summed E-state index contributed by atoms with van der Waals surface area (Å²) in [5.41, 5.74) is 3.36. The van der Waals surface area contributed by atoms with Crippen molar-refractivity contribution in [2.75, 3.05) is 0 Å². The van der Waals surface area contributed by atoms with E-state index in [1.54, 1.807) is 30.3 Å². The minimum atomic E-state index is -0.407. The molecule has 2 aromatic carbocycles. The lowest BCUT2D eigenvalue weighted by atomic mass is 10.2. The van der Waals surface area contributed by atoms with Crippen LogP contribution < -0.4 is 5.43 Å². The first-order chi connectivity index (χ1) is 9.97. The predicted molar refractivity (Wildman–Crippen MR) is 88.0 cm³/mol. The second-order valence-corrected chi connectivity index (χ2v) is 5.65. The van der Waals surface area contributed by atoms with Crippen molar-refractivity contribution in [3.63, 3.8) is 0 Å². The van der Waals surface area contributed by atoms with E-state index in [-0.39, 0.29) is 0 Å². The number of hydrogen-bond donors (Lipinski definition) is 1. The number of halogens is 4. The van der Waals surface area contributed by atoms with Crippen molar-refractivity contribution in [2.24, 2.45) is 5.10 Å². The molecule has 0 atom stereocenters. The summed E-state index contributed by atoms with van der Waals surface area (Å²) in [6.45, 7) is 0. The van der Waals surface area contributed by atoms with Crippen LogP contribution in [-0.2, 0) is 0 Å². The Labute approximate surface area is 141 Å². The summed E-state index contributed by atoms with van der Waals surface area (Å²) in [5, 5.41) is 5.48. The Morgan fingerprint density at radius 3 is 2.38 bits per heavy atom. The van der Waals surface area contributed by atoms with Gasteiger partial charge in [0.2, 0.25) is 0 Å². The molecule has 0 heterocycles. The van der Waals surface area contributed by atoms with Gasteiger partial charge in [-0.25, -0.2) is 5.43 Å². The largest absolute Gasteiger partial charge is 0.271 e. The van der Waals surface area contributed by atoms with Gasteiger partial charge in [-0.05, 0) is 30.3 Å². The Hall–Kier alpha value is -1.26. The molecule has 108 valence electrons. The third-order valence-corrected chi connectivity index (χ3v) is 3.82. The molecule has 2 aromatic rings. The third kappa shape index (κ3) is 4.35. The van der Waals surface area contributed by atoms with Crippen LogP contribution in [0.15, 0.2) is 41.5 Å². The molecule has 0 spiro atoms. The lowest BCUT2D eigenvalue weighted by Gasteiger charge is -2.02. The molecule has 0 aromatic heterocycles. The number of nitrogens with one attached hydrogen (secondary N) is 1. The maximum absolute atomic E-state index is 11.9. The molecule has 0 bridgehead atoms. The average Bonchev–Trinajstić information content (AvgIpc) is 2.44. The number of nitrogens with zero attached hydrogens (tertiary/aromatic N) is 1. The Kier molecular flexibility index (Phi) is 5.48. The number of hydrazone groups is 1. The summed E-state index contributed by atoms with van der Waals surface area (Å²) < 4.78 is 0. The summed E-state index contributed by atoms with van der Waals surface area (Å²) in [6, 6.07) is 9.51. The molecule has 0 unspecified atom stereocenters. The summed E-state index contributed by atoms with van der Waals surface area (Å²) in [5.74, 6) is -0.407. The number of amides is 1. The zero-order valence-corrected chi connectivity index (χ0v) is 13.4. The van der Waals surface area contributed by atoms with Crippen molar-refractivity contribution >= 4 is 58.5 Å². The summed E-state index contributed by atoms with van der Waals surface area (Å²) in [6.07, 6.45) is 1.42. The quantitative estimate of drug-likeness (QED) is 0.602. The van der Waals surface area contributed by atoms with Crippen LogP contribution in [0.5, 0.6) is 0 Å². The van der Waals surface area contributed by atoms with Crippen molar-refractivity contribution in [3.8, 4) is 0 Å². The monoisotopic (exact) mass is 360 g/mol.